The van der Waals surface area contributed by atoms with Crippen molar-refractivity contribution in [3.63, 3.8) is 0 Å². The van der Waals surface area contributed by atoms with E-state index in [-0.39, 0.29) is 12.1 Å². The van der Waals surface area contributed by atoms with Crippen LogP contribution in [-0.2, 0) is 0 Å². The molecule has 7 nitrogen and oxygen atoms in total. The van der Waals surface area contributed by atoms with Gasteiger partial charge in [0.2, 0.25) is 0 Å². The molecule has 1 saturated carbocycles. The molecule has 2 aliphatic rings. The molecule has 0 aromatic carbocycles. The smallest absolute Gasteiger partial charge is 0.317 e. The predicted octanol–water partition coefficient (Wildman–Crippen LogP) is 3.30. The first-order chi connectivity index (χ1) is 14.0. The Hall–Kier alpha value is -2.67. The number of nitrogens with zero attached hydrogens (tertiary/aromatic N) is 3. The molecule has 152 valence electrons. The zero-order valence-electron chi connectivity index (χ0n) is 16.7. The van der Waals surface area contributed by atoms with Gasteiger partial charge < -0.3 is 20.3 Å². The minimum Gasteiger partial charge on any atom is -0.388 e. The second-order valence-electron chi connectivity index (χ2n) is 8.83. The van der Waals surface area contributed by atoms with E-state index >= 15 is 0 Å². The Balaban J connectivity index is 1.29. The summed E-state index contributed by atoms with van der Waals surface area (Å²) in [6.45, 7) is 2.83. The van der Waals surface area contributed by atoms with Crippen molar-refractivity contribution in [1.82, 2.24) is 25.2 Å². The maximum atomic E-state index is 12.5. The second kappa shape index (κ2) is 6.99. The van der Waals surface area contributed by atoms with E-state index in [1.54, 1.807) is 11.8 Å². The van der Waals surface area contributed by atoms with Crippen LogP contribution in [0.4, 0.5) is 4.79 Å². The average molecular weight is 393 g/mol. The van der Waals surface area contributed by atoms with Crippen LogP contribution in [0.1, 0.15) is 50.5 Å². The summed E-state index contributed by atoms with van der Waals surface area (Å²) in [6.07, 6.45) is 10.3. The molecule has 0 bridgehead atoms. The fourth-order valence-electron chi connectivity index (χ4n) is 4.96. The second-order valence-corrected chi connectivity index (χ2v) is 8.83. The van der Waals surface area contributed by atoms with Gasteiger partial charge in [-0.3, -0.25) is 0 Å². The molecule has 1 atom stereocenters. The zero-order chi connectivity index (χ0) is 20.0. The minimum absolute atomic E-state index is 0.0402. The highest BCUT2D eigenvalue weighted by Crippen LogP contribution is 2.38. The van der Waals surface area contributed by atoms with Crippen LogP contribution in [0.15, 0.2) is 30.7 Å². The van der Waals surface area contributed by atoms with Crippen molar-refractivity contribution in [2.75, 3.05) is 13.1 Å². The van der Waals surface area contributed by atoms with Crippen LogP contribution in [0.3, 0.4) is 0 Å². The summed E-state index contributed by atoms with van der Waals surface area (Å²) in [5.74, 6) is 0.466. The van der Waals surface area contributed by atoms with Gasteiger partial charge >= 0.3 is 6.03 Å². The van der Waals surface area contributed by atoms with E-state index in [4.69, 9.17) is 0 Å². The topological polar surface area (TPSA) is 94.1 Å². The lowest BCUT2D eigenvalue weighted by Crippen LogP contribution is -2.46. The highest BCUT2D eigenvalue weighted by atomic mass is 16.3. The number of nitrogens with one attached hydrogen (secondary N) is 2. The Bertz CT molecular complexity index is 1050. The van der Waals surface area contributed by atoms with E-state index in [0.717, 1.165) is 42.2 Å². The van der Waals surface area contributed by atoms with Crippen LogP contribution < -0.4 is 5.32 Å². The number of carbonyl (C=O) groups excluding carboxylic acids is 1. The van der Waals surface area contributed by atoms with Crippen molar-refractivity contribution in [2.45, 2.75) is 56.6 Å². The quantitative estimate of drug-likeness (QED) is 0.623. The van der Waals surface area contributed by atoms with Gasteiger partial charge in [0.15, 0.2) is 5.65 Å². The number of rotatable bonds is 2. The molecule has 7 heteroatoms. The van der Waals surface area contributed by atoms with Crippen molar-refractivity contribution in [3.05, 3.63) is 36.3 Å². The van der Waals surface area contributed by atoms with Crippen LogP contribution >= 0.6 is 0 Å². The van der Waals surface area contributed by atoms with E-state index in [0.29, 0.717) is 25.4 Å². The molecule has 2 amide bonds. The molecule has 2 fully saturated rings. The highest BCUT2D eigenvalue weighted by Gasteiger charge is 2.35. The van der Waals surface area contributed by atoms with Crippen LogP contribution in [0.25, 0.3) is 21.9 Å². The number of β-amino-alcohol motifs (C(OH)–C–C–N with tert-alkyl or cyclic N) is 1. The van der Waals surface area contributed by atoms with Crippen LogP contribution in [0.2, 0.25) is 0 Å². The number of aliphatic hydroxyl groups is 1. The van der Waals surface area contributed by atoms with Crippen molar-refractivity contribution in [1.29, 1.82) is 0 Å². The summed E-state index contributed by atoms with van der Waals surface area (Å²) in [5.41, 5.74) is 2.43. The molecular formula is C22H27N5O2. The third-order valence-corrected chi connectivity index (χ3v) is 6.56. The van der Waals surface area contributed by atoms with Crippen molar-refractivity contribution >= 4 is 28.0 Å². The van der Waals surface area contributed by atoms with Gasteiger partial charge in [0.25, 0.3) is 0 Å². The number of aromatic amines is 1. The maximum absolute atomic E-state index is 12.5. The number of fused-ring (bicyclic) bond motifs is 3. The fourth-order valence-corrected chi connectivity index (χ4v) is 4.96. The predicted molar refractivity (Wildman–Crippen MR) is 112 cm³/mol. The summed E-state index contributed by atoms with van der Waals surface area (Å²) in [6, 6.07) is 4.39. The first-order valence-corrected chi connectivity index (χ1v) is 10.5. The molecule has 3 aromatic rings. The lowest BCUT2D eigenvalue weighted by Gasteiger charge is -2.31. The summed E-state index contributed by atoms with van der Waals surface area (Å²) >= 11 is 0. The highest BCUT2D eigenvalue weighted by molar-refractivity contribution is 6.05. The van der Waals surface area contributed by atoms with Gasteiger partial charge in [-0.05, 0) is 62.6 Å². The lowest BCUT2D eigenvalue weighted by atomic mass is 9.80. The van der Waals surface area contributed by atoms with Crippen LogP contribution in [-0.4, -0.2) is 55.7 Å². The number of pyridine rings is 2. The molecule has 1 aliphatic heterocycles. The fraction of sp³-hybridized carbons (Fsp3) is 0.500. The average Bonchev–Trinajstić information content (AvgIpc) is 3.34. The first-order valence-electron chi connectivity index (χ1n) is 10.5. The standard InChI is InChI=1S/C22H27N5O2/c1-22(29)8-11-27(13-22)21(28)26-15-4-2-14(3-5-15)16-6-9-23-18-12-25-20-17(19(16)18)7-10-24-20/h6-7,9-10,12,14-15,23,29H,2-5,8,11,13H2,1H3,(H,26,28). The normalized spacial score (nSPS) is 27.6. The van der Waals surface area contributed by atoms with E-state index < -0.39 is 5.60 Å². The third kappa shape index (κ3) is 3.44. The SMILES string of the molecule is CC1(O)CCN(C(=O)NC2CCC(c3cc[nH]c4cnc5nccc5c34)CC2)C1. The van der Waals surface area contributed by atoms with Gasteiger partial charge in [0.1, 0.15) is 0 Å². The molecule has 4 heterocycles. The molecule has 0 spiro atoms. The van der Waals surface area contributed by atoms with Gasteiger partial charge in [0, 0.05) is 35.8 Å². The number of H-pyrrole nitrogens is 1. The van der Waals surface area contributed by atoms with Gasteiger partial charge in [-0.25, -0.2) is 14.8 Å². The molecular weight excluding hydrogens is 366 g/mol. The van der Waals surface area contributed by atoms with Gasteiger partial charge in [-0.2, -0.15) is 0 Å². The molecule has 1 aliphatic carbocycles. The number of amides is 2. The number of hydrogen-bond donors (Lipinski definition) is 3. The Labute approximate surface area is 169 Å². The molecule has 3 N–H and O–H groups in total. The summed E-state index contributed by atoms with van der Waals surface area (Å²) < 4.78 is 0. The third-order valence-electron chi connectivity index (χ3n) is 6.56. The molecule has 5 rings (SSSR count). The Morgan fingerprint density at radius 3 is 2.86 bits per heavy atom. The van der Waals surface area contributed by atoms with E-state index in [2.05, 4.69) is 26.3 Å². The van der Waals surface area contributed by atoms with Gasteiger partial charge in [-0.15, -0.1) is 0 Å². The molecule has 29 heavy (non-hydrogen) atoms. The van der Waals surface area contributed by atoms with Gasteiger partial charge in [-0.1, -0.05) is 0 Å². The molecule has 1 saturated heterocycles. The Morgan fingerprint density at radius 2 is 2.10 bits per heavy atom. The number of hydrogen-bond acceptors (Lipinski definition) is 4. The minimum atomic E-state index is -0.754. The zero-order valence-corrected chi connectivity index (χ0v) is 16.7. The maximum Gasteiger partial charge on any atom is 0.317 e. The van der Waals surface area contributed by atoms with Crippen LogP contribution in [0, 0.1) is 0 Å². The van der Waals surface area contributed by atoms with Crippen molar-refractivity contribution < 1.29 is 9.90 Å². The monoisotopic (exact) mass is 393 g/mol. The first kappa shape index (κ1) is 18.4. The van der Waals surface area contributed by atoms with Gasteiger partial charge in [0.05, 0.1) is 23.9 Å². The Morgan fingerprint density at radius 1 is 1.28 bits per heavy atom. The van der Waals surface area contributed by atoms with Crippen molar-refractivity contribution in [3.8, 4) is 0 Å². The Kier molecular flexibility index (Phi) is 4.42. The largest absolute Gasteiger partial charge is 0.388 e. The summed E-state index contributed by atoms with van der Waals surface area (Å²) in [7, 11) is 0. The van der Waals surface area contributed by atoms with E-state index in [1.165, 1.54) is 10.9 Å². The number of carbonyl (C=O) groups is 1. The van der Waals surface area contributed by atoms with E-state index in [1.807, 2.05) is 24.7 Å². The van der Waals surface area contributed by atoms with Crippen molar-refractivity contribution in [2.24, 2.45) is 0 Å². The molecule has 1 unspecified atom stereocenters. The summed E-state index contributed by atoms with van der Waals surface area (Å²) in [5, 5.41) is 15.6. The number of likely N-dealkylation sites (tertiary alicyclic amines) is 1. The van der Waals surface area contributed by atoms with Crippen LogP contribution in [0.5, 0.6) is 0 Å². The number of urea groups is 1. The number of aromatic nitrogens is 3. The lowest BCUT2D eigenvalue weighted by molar-refractivity contribution is 0.0716. The molecule has 3 aromatic heterocycles. The summed E-state index contributed by atoms with van der Waals surface area (Å²) in [4.78, 5) is 26.4. The van der Waals surface area contributed by atoms with E-state index in [9.17, 15) is 9.90 Å². The molecule has 0 radical (unpaired) electrons.